The molecule has 1 aromatic rings. The Bertz CT molecular complexity index is 749. The van der Waals surface area contributed by atoms with Crippen LogP contribution in [0.5, 0.6) is 0 Å². The highest BCUT2D eigenvalue weighted by Gasteiger charge is 2.37. The van der Waals surface area contributed by atoms with Gasteiger partial charge in [0.1, 0.15) is 17.2 Å². The molecule has 0 aromatic heterocycles. The highest BCUT2D eigenvalue weighted by Crippen LogP contribution is 2.31. The number of morpholine rings is 1. The summed E-state index contributed by atoms with van der Waals surface area (Å²) >= 11 is 0. The molecule has 0 saturated carbocycles. The van der Waals surface area contributed by atoms with E-state index in [1.54, 1.807) is 4.90 Å². The van der Waals surface area contributed by atoms with Crippen molar-refractivity contribution in [3.8, 4) is 0 Å². The molecule has 146 valence electrons. The average molecular weight is 379 g/mol. The molecule has 1 aromatic carbocycles. The lowest BCUT2D eigenvalue weighted by molar-refractivity contribution is -0.0907. The van der Waals surface area contributed by atoms with Crippen LogP contribution in [-0.4, -0.2) is 60.3 Å². The fraction of sp³-hybridized carbons (Fsp3) is 0.579. The van der Waals surface area contributed by atoms with E-state index in [0.29, 0.717) is 38.3 Å². The number of amides is 1. The van der Waals surface area contributed by atoms with E-state index >= 15 is 0 Å². The molecule has 0 spiro atoms. The van der Waals surface area contributed by atoms with E-state index in [1.807, 2.05) is 20.8 Å². The third kappa shape index (κ3) is 4.37. The number of fused-ring (bicyclic) bond motifs is 1. The van der Waals surface area contributed by atoms with Crippen LogP contribution < -0.4 is 0 Å². The Morgan fingerprint density at radius 2 is 1.93 bits per heavy atom. The second-order valence-electron chi connectivity index (χ2n) is 7.84. The maximum absolute atomic E-state index is 13.9. The monoisotopic (exact) mass is 379 g/mol. The number of benzene rings is 1. The molecule has 3 rings (SSSR count). The summed E-state index contributed by atoms with van der Waals surface area (Å²) < 4.78 is 39.0. The fourth-order valence-corrected chi connectivity index (χ4v) is 3.36. The van der Waals surface area contributed by atoms with Gasteiger partial charge in [0.15, 0.2) is 0 Å². The van der Waals surface area contributed by atoms with Gasteiger partial charge in [0.25, 0.3) is 5.69 Å². The summed E-state index contributed by atoms with van der Waals surface area (Å²) in [7, 11) is 0. The van der Waals surface area contributed by atoms with Crippen LogP contribution in [0.2, 0.25) is 0 Å². The first-order valence-electron chi connectivity index (χ1n) is 8.88. The maximum atomic E-state index is 13.9. The molecule has 2 atom stereocenters. The van der Waals surface area contributed by atoms with Crippen LogP contribution in [0.1, 0.15) is 32.4 Å². The maximum Gasteiger partial charge on any atom is 0.410 e. The van der Waals surface area contributed by atoms with Crippen molar-refractivity contribution in [2.75, 3.05) is 32.8 Å². The van der Waals surface area contributed by atoms with Crippen molar-refractivity contribution in [3.63, 3.8) is 0 Å². The second kappa shape index (κ2) is 7.41. The van der Waals surface area contributed by atoms with Gasteiger partial charge in [-0.25, -0.2) is 18.4 Å². The van der Waals surface area contributed by atoms with Gasteiger partial charge in [0.05, 0.1) is 25.3 Å². The highest BCUT2D eigenvalue weighted by molar-refractivity contribution is 5.68. The van der Waals surface area contributed by atoms with Crippen LogP contribution >= 0.6 is 0 Å². The standard InChI is InChI=1S/C19H23F2N3O3/c1-19(2,3)27-18(25)24-6-5-23-10-16(26-11-13(23)9-24)12-7-14(20)17(22-4)15(21)8-12/h7-8,13,16H,5-6,9-11H2,1-3H3/t13-,16+/m1/s1. The molecule has 8 heteroatoms. The second-order valence-corrected chi connectivity index (χ2v) is 7.84. The van der Waals surface area contributed by atoms with Crippen LogP contribution in [0.15, 0.2) is 12.1 Å². The molecule has 6 nitrogen and oxygen atoms in total. The Balaban J connectivity index is 1.65. The Hall–Kier alpha value is -2.24. The van der Waals surface area contributed by atoms with Gasteiger partial charge in [-0.3, -0.25) is 4.90 Å². The van der Waals surface area contributed by atoms with E-state index < -0.39 is 29.0 Å². The normalized spacial score (nSPS) is 23.5. The molecule has 0 bridgehead atoms. The van der Waals surface area contributed by atoms with Crippen molar-refractivity contribution in [1.82, 2.24) is 9.80 Å². The van der Waals surface area contributed by atoms with E-state index in [-0.39, 0.29) is 12.1 Å². The minimum atomic E-state index is -0.875. The number of piperazine rings is 1. The number of rotatable bonds is 1. The zero-order valence-corrected chi connectivity index (χ0v) is 15.7. The third-order valence-electron chi connectivity index (χ3n) is 4.67. The first kappa shape index (κ1) is 19.5. The van der Waals surface area contributed by atoms with E-state index in [2.05, 4.69) is 9.74 Å². The van der Waals surface area contributed by atoms with Gasteiger partial charge in [-0.2, -0.15) is 0 Å². The summed E-state index contributed by atoms with van der Waals surface area (Å²) in [6, 6.07) is 2.34. The highest BCUT2D eigenvalue weighted by atomic mass is 19.1. The van der Waals surface area contributed by atoms with Gasteiger partial charge in [-0.15, -0.1) is 0 Å². The molecule has 2 fully saturated rings. The summed E-state index contributed by atoms with van der Waals surface area (Å²) in [5.74, 6) is -1.75. The Morgan fingerprint density at radius 1 is 1.26 bits per heavy atom. The third-order valence-corrected chi connectivity index (χ3v) is 4.67. The number of hydrogen-bond donors (Lipinski definition) is 0. The Labute approximate surface area is 157 Å². The van der Waals surface area contributed by atoms with Gasteiger partial charge >= 0.3 is 6.09 Å². The minimum absolute atomic E-state index is 0.0136. The summed E-state index contributed by atoms with van der Waals surface area (Å²) in [4.78, 5) is 18.9. The first-order valence-corrected chi connectivity index (χ1v) is 8.88. The lowest BCUT2D eigenvalue weighted by atomic mass is 10.0. The quantitative estimate of drug-likeness (QED) is 0.701. The molecular weight excluding hydrogens is 356 g/mol. The predicted molar refractivity (Wildman–Crippen MR) is 94.5 cm³/mol. The number of carbonyl (C=O) groups is 1. The molecule has 0 aliphatic carbocycles. The van der Waals surface area contributed by atoms with E-state index in [0.717, 1.165) is 0 Å². The predicted octanol–water partition coefficient (Wildman–Crippen LogP) is 3.51. The van der Waals surface area contributed by atoms with Crippen LogP contribution in [0.25, 0.3) is 4.85 Å². The van der Waals surface area contributed by atoms with Crippen LogP contribution in [-0.2, 0) is 9.47 Å². The van der Waals surface area contributed by atoms with Crippen molar-refractivity contribution in [2.24, 2.45) is 0 Å². The topological polar surface area (TPSA) is 46.4 Å². The smallest absolute Gasteiger partial charge is 0.410 e. The van der Waals surface area contributed by atoms with Crippen LogP contribution in [0, 0.1) is 18.2 Å². The van der Waals surface area contributed by atoms with Gasteiger partial charge < -0.3 is 14.4 Å². The minimum Gasteiger partial charge on any atom is -0.444 e. The Kier molecular flexibility index (Phi) is 5.36. The lowest BCUT2D eigenvalue weighted by Gasteiger charge is -2.46. The summed E-state index contributed by atoms with van der Waals surface area (Å²) in [5.41, 5.74) is -0.766. The molecule has 27 heavy (non-hydrogen) atoms. The molecule has 2 aliphatic rings. The molecule has 2 heterocycles. The molecule has 1 amide bonds. The molecular formula is C19H23F2N3O3. The zero-order chi connectivity index (χ0) is 19.8. The number of halogens is 2. The van der Waals surface area contributed by atoms with Gasteiger partial charge in [0, 0.05) is 26.2 Å². The van der Waals surface area contributed by atoms with Crippen molar-refractivity contribution < 1.29 is 23.0 Å². The summed E-state index contributed by atoms with van der Waals surface area (Å²) in [5, 5.41) is 0. The molecule has 0 unspecified atom stereocenters. The zero-order valence-electron chi connectivity index (χ0n) is 15.7. The van der Waals surface area contributed by atoms with Gasteiger partial charge in [0.2, 0.25) is 0 Å². The first-order chi connectivity index (χ1) is 12.7. The largest absolute Gasteiger partial charge is 0.444 e. The van der Waals surface area contributed by atoms with Crippen LogP contribution in [0.4, 0.5) is 19.3 Å². The molecule has 2 saturated heterocycles. The van der Waals surface area contributed by atoms with Crippen molar-refractivity contribution in [3.05, 3.63) is 40.7 Å². The number of carbonyl (C=O) groups excluding carboxylic acids is 1. The molecule has 0 N–H and O–H groups in total. The number of nitrogens with zero attached hydrogens (tertiary/aromatic N) is 3. The Morgan fingerprint density at radius 3 is 2.52 bits per heavy atom. The van der Waals surface area contributed by atoms with Crippen LogP contribution in [0.3, 0.4) is 0 Å². The van der Waals surface area contributed by atoms with E-state index in [1.165, 1.54) is 12.1 Å². The fourth-order valence-electron chi connectivity index (χ4n) is 3.36. The van der Waals surface area contributed by atoms with Gasteiger partial charge in [-0.1, -0.05) is 0 Å². The van der Waals surface area contributed by atoms with Gasteiger partial charge in [-0.05, 0) is 38.5 Å². The number of ether oxygens (including phenoxy) is 2. The van der Waals surface area contributed by atoms with E-state index in [4.69, 9.17) is 16.0 Å². The molecule has 0 radical (unpaired) electrons. The van der Waals surface area contributed by atoms with Crippen molar-refractivity contribution >= 4 is 11.8 Å². The lowest BCUT2D eigenvalue weighted by Crippen LogP contribution is -2.60. The number of hydrogen-bond acceptors (Lipinski definition) is 4. The van der Waals surface area contributed by atoms with Crippen molar-refractivity contribution in [2.45, 2.75) is 38.5 Å². The summed E-state index contributed by atoms with van der Waals surface area (Å²) in [6.07, 6.45) is -0.818. The average Bonchev–Trinajstić information content (AvgIpc) is 2.59. The summed E-state index contributed by atoms with van der Waals surface area (Å²) in [6.45, 7) is 14.8. The molecule has 2 aliphatic heterocycles. The van der Waals surface area contributed by atoms with Crippen molar-refractivity contribution in [1.29, 1.82) is 0 Å². The van der Waals surface area contributed by atoms with E-state index in [9.17, 15) is 13.6 Å². The SMILES string of the molecule is [C-]#[N+]c1c(F)cc([C@@H]2CN3CCN(C(=O)OC(C)(C)C)C[C@@H]3CO2)cc1F.